The Labute approximate surface area is 169 Å². The second-order valence-corrected chi connectivity index (χ2v) is 6.94. The first kappa shape index (κ1) is 19.9. The normalized spacial score (nSPS) is 11.1. The maximum absolute atomic E-state index is 11.1. The van der Waals surface area contributed by atoms with Crippen LogP contribution in [-0.4, -0.2) is 19.6 Å². The van der Waals surface area contributed by atoms with Crippen molar-refractivity contribution in [1.29, 1.82) is 0 Å². The van der Waals surface area contributed by atoms with Gasteiger partial charge >= 0.3 is 29.6 Å². The van der Waals surface area contributed by atoms with E-state index in [-0.39, 0.29) is 34.5 Å². The molecule has 124 valence electrons. The van der Waals surface area contributed by atoms with Crippen molar-refractivity contribution in [1.82, 2.24) is 0 Å². The Hall–Kier alpha value is -1.37. The van der Waals surface area contributed by atoms with E-state index in [1.54, 1.807) is 18.2 Å². The number of rotatable bonds is 6. The van der Waals surface area contributed by atoms with Gasteiger partial charge in [0.1, 0.15) is 15.9 Å². The number of aryl methyl sites for hydroxylation is 1. The minimum atomic E-state index is -4.43. The van der Waals surface area contributed by atoms with Gasteiger partial charge in [0.25, 0.3) is 0 Å². The first-order valence-corrected chi connectivity index (χ1v) is 9.10. The Morgan fingerprint density at radius 1 is 0.880 bits per heavy atom. The average Bonchev–Trinajstić information content (AvgIpc) is 2.58. The standard InChI is InChI=1S/C19H18O4S.Na/c20-24(21,22)19-11-9-16-13-18(10-8-17(16)14-19)23-12-4-7-15-5-2-1-3-6-15;/h1-3,5-6,8-11,13-14H,4,7,12H2,(H,20,21,22);/q;+1/p-1. The van der Waals surface area contributed by atoms with Gasteiger partial charge in [-0.25, -0.2) is 8.42 Å². The third kappa shape index (κ3) is 5.56. The molecule has 0 spiro atoms. The molecule has 3 rings (SSSR count). The summed E-state index contributed by atoms with van der Waals surface area (Å²) in [4.78, 5) is -0.216. The fourth-order valence-corrected chi connectivity index (χ4v) is 3.06. The summed E-state index contributed by atoms with van der Waals surface area (Å²) in [6.07, 6.45) is 1.87. The van der Waals surface area contributed by atoms with Crippen molar-refractivity contribution >= 4 is 20.9 Å². The van der Waals surface area contributed by atoms with Gasteiger partial charge < -0.3 is 9.29 Å². The molecule has 4 nitrogen and oxygen atoms in total. The van der Waals surface area contributed by atoms with Gasteiger partial charge in [0, 0.05) is 0 Å². The van der Waals surface area contributed by atoms with E-state index >= 15 is 0 Å². The van der Waals surface area contributed by atoms with Crippen LogP contribution in [0.2, 0.25) is 0 Å². The summed E-state index contributed by atoms with van der Waals surface area (Å²) in [5.74, 6) is 0.730. The molecule has 6 heteroatoms. The van der Waals surface area contributed by atoms with E-state index in [9.17, 15) is 13.0 Å². The molecular weight excluding hydrogens is 347 g/mol. The molecule has 0 aliphatic heterocycles. The molecule has 0 aliphatic rings. The summed E-state index contributed by atoms with van der Waals surface area (Å²) < 4.78 is 38.9. The van der Waals surface area contributed by atoms with E-state index < -0.39 is 10.1 Å². The first-order chi connectivity index (χ1) is 11.5. The van der Waals surface area contributed by atoms with Gasteiger partial charge in [-0.1, -0.05) is 42.5 Å². The van der Waals surface area contributed by atoms with E-state index in [1.165, 1.54) is 17.7 Å². The molecular formula is C19H17NaO4S. The zero-order valence-electron chi connectivity index (χ0n) is 14.0. The predicted molar refractivity (Wildman–Crippen MR) is 92.2 cm³/mol. The van der Waals surface area contributed by atoms with Crippen LogP contribution < -0.4 is 34.3 Å². The van der Waals surface area contributed by atoms with Gasteiger partial charge in [-0.05, 0) is 53.4 Å². The Morgan fingerprint density at radius 3 is 2.28 bits per heavy atom. The van der Waals surface area contributed by atoms with Crippen molar-refractivity contribution in [3.63, 3.8) is 0 Å². The van der Waals surface area contributed by atoms with Gasteiger partial charge in [0.05, 0.1) is 11.5 Å². The molecule has 0 bridgehead atoms. The van der Waals surface area contributed by atoms with Crippen LogP contribution in [0.15, 0.2) is 71.6 Å². The molecule has 3 aromatic carbocycles. The fraction of sp³-hybridized carbons (Fsp3) is 0.158. The molecule has 0 saturated carbocycles. The van der Waals surface area contributed by atoms with E-state index in [4.69, 9.17) is 4.74 Å². The third-order valence-electron chi connectivity index (χ3n) is 3.79. The van der Waals surface area contributed by atoms with E-state index in [0.29, 0.717) is 12.0 Å². The summed E-state index contributed by atoms with van der Waals surface area (Å²) in [6, 6.07) is 20.0. The number of benzene rings is 3. The van der Waals surface area contributed by atoms with Crippen molar-refractivity contribution in [3.8, 4) is 5.75 Å². The summed E-state index contributed by atoms with van der Waals surface area (Å²) in [7, 11) is -4.43. The number of hydrogen-bond donors (Lipinski definition) is 0. The number of fused-ring (bicyclic) bond motifs is 1. The van der Waals surface area contributed by atoms with Crippen LogP contribution in [0, 0.1) is 0 Å². The maximum Gasteiger partial charge on any atom is 1.00 e. The van der Waals surface area contributed by atoms with Crippen LogP contribution >= 0.6 is 0 Å². The van der Waals surface area contributed by atoms with Crippen LogP contribution in [0.4, 0.5) is 0 Å². The summed E-state index contributed by atoms with van der Waals surface area (Å²) in [5.41, 5.74) is 1.28. The molecule has 0 atom stereocenters. The number of ether oxygens (including phenoxy) is 1. The maximum atomic E-state index is 11.1. The molecule has 0 aromatic heterocycles. The fourth-order valence-electron chi connectivity index (χ4n) is 2.56. The van der Waals surface area contributed by atoms with Crippen molar-refractivity contribution in [2.24, 2.45) is 0 Å². The Morgan fingerprint density at radius 2 is 1.56 bits per heavy atom. The summed E-state index contributed by atoms with van der Waals surface area (Å²) in [5, 5.41) is 1.53. The zero-order valence-corrected chi connectivity index (χ0v) is 16.8. The van der Waals surface area contributed by atoms with Crippen LogP contribution in [0.5, 0.6) is 5.75 Å². The largest absolute Gasteiger partial charge is 1.00 e. The molecule has 0 saturated heterocycles. The van der Waals surface area contributed by atoms with Gasteiger partial charge in [0.2, 0.25) is 0 Å². The van der Waals surface area contributed by atoms with Crippen LogP contribution in [0.3, 0.4) is 0 Å². The third-order valence-corrected chi connectivity index (χ3v) is 4.62. The topological polar surface area (TPSA) is 66.4 Å². The molecule has 25 heavy (non-hydrogen) atoms. The van der Waals surface area contributed by atoms with E-state index in [0.717, 1.165) is 24.0 Å². The van der Waals surface area contributed by atoms with Crippen LogP contribution in [-0.2, 0) is 16.5 Å². The SMILES string of the molecule is O=S(=O)([O-])c1ccc2cc(OCCCc3ccccc3)ccc2c1.[Na+]. The smallest absolute Gasteiger partial charge is 0.744 e. The minimum absolute atomic E-state index is 0. The Balaban J connectivity index is 0.00000225. The van der Waals surface area contributed by atoms with Gasteiger partial charge in [0.15, 0.2) is 0 Å². The predicted octanol–water partition coefficient (Wildman–Crippen LogP) is 0.760. The summed E-state index contributed by atoms with van der Waals surface area (Å²) in [6.45, 7) is 0.605. The molecule has 0 heterocycles. The molecule has 0 amide bonds. The zero-order chi connectivity index (χ0) is 17.0. The summed E-state index contributed by atoms with van der Waals surface area (Å²) >= 11 is 0. The van der Waals surface area contributed by atoms with Crippen molar-refractivity contribution in [3.05, 3.63) is 72.3 Å². The molecule has 0 radical (unpaired) electrons. The van der Waals surface area contributed by atoms with E-state index in [2.05, 4.69) is 12.1 Å². The Kier molecular flexibility index (Phi) is 7.04. The number of hydrogen-bond acceptors (Lipinski definition) is 4. The van der Waals surface area contributed by atoms with Gasteiger partial charge in [-0.2, -0.15) is 0 Å². The Bertz CT molecular complexity index is 940. The van der Waals surface area contributed by atoms with E-state index in [1.807, 2.05) is 24.3 Å². The average molecular weight is 364 g/mol. The van der Waals surface area contributed by atoms with Crippen molar-refractivity contribution in [2.75, 3.05) is 6.61 Å². The second-order valence-electron chi connectivity index (χ2n) is 5.56. The van der Waals surface area contributed by atoms with Crippen molar-refractivity contribution in [2.45, 2.75) is 17.7 Å². The molecule has 0 aliphatic carbocycles. The van der Waals surface area contributed by atoms with Crippen LogP contribution in [0.1, 0.15) is 12.0 Å². The van der Waals surface area contributed by atoms with Gasteiger partial charge in [-0.15, -0.1) is 0 Å². The minimum Gasteiger partial charge on any atom is -0.744 e. The second kappa shape index (κ2) is 8.83. The van der Waals surface area contributed by atoms with Crippen LogP contribution in [0.25, 0.3) is 10.8 Å². The molecule has 0 N–H and O–H groups in total. The first-order valence-electron chi connectivity index (χ1n) is 7.69. The molecule has 3 aromatic rings. The van der Waals surface area contributed by atoms with Crippen molar-refractivity contribution < 1.29 is 47.3 Å². The monoisotopic (exact) mass is 364 g/mol. The van der Waals surface area contributed by atoms with Gasteiger partial charge in [-0.3, -0.25) is 0 Å². The quantitative estimate of drug-likeness (QED) is 0.368. The molecule has 0 unspecified atom stereocenters. The molecule has 0 fully saturated rings.